The molecule has 2 aromatic rings. The van der Waals surface area contributed by atoms with Crippen LogP contribution < -0.4 is 0 Å². The van der Waals surface area contributed by atoms with Crippen LogP contribution in [0, 0.1) is 0 Å². The number of halogens is 2. The molecule has 0 radical (unpaired) electrons. The topological polar surface area (TPSA) is 37.3 Å². The Morgan fingerprint density at radius 3 is 2.05 bits per heavy atom. The number of carbonyl (C=O) groups is 1. The Bertz CT molecular complexity index is 653. The third-order valence-corrected chi connectivity index (χ3v) is 3.79. The Balaban J connectivity index is 2.35. The molecule has 1 N–H and O–H groups in total. The minimum atomic E-state index is -0.928. The Hall–Kier alpha value is -1.39. The first-order chi connectivity index (χ1) is 9.45. The third-order valence-electron chi connectivity index (χ3n) is 2.88. The molecular weight excluding hydrogens is 384 g/mol. The fraction of sp³-hybridized carbons (Fsp3) is 0.0625. The van der Waals surface area contributed by atoms with Crippen LogP contribution in [0.1, 0.15) is 12.5 Å². The minimum absolute atomic E-state index is 0.736. The van der Waals surface area contributed by atoms with Gasteiger partial charge in [0.15, 0.2) is 0 Å². The van der Waals surface area contributed by atoms with Crippen molar-refractivity contribution in [3.05, 3.63) is 63.0 Å². The normalized spacial score (nSPS) is 11.4. The van der Waals surface area contributed by atoms with Gasteiger partial charge in [-0.2, -0.15) is 0 Å². The molecule has 102 valence electrons. The van der Waals surface area contributed by atoms with Crippen molar-refractivity contribution in [2.24, 2.45) is 0 Å². The van der Waals surface area contributed by atoms with Crippen molar-refractivity contribution in [3.63, 3.8) is 0 Å². The van der Waals surface area contributed by atoms with Crippen LogP contribution in [0.4, 0.5) is 0 Å². The van der Waals surface area contributed by atoms with Gasteiger partial charge in [0.25, 0.3) is 0 Å². The SMILES string of the molecule is CC(=CC(=O)O)c1ccc(-c2cc(Br)cc(Br)c2)cc1. The van der Waals surface area contributed by atoms with Crippen LogP contribution in [-0.4, -0.2) is 11.1 Å². The summed E-state index contributed by atoms with van der Waals surface area (Å²) in [6, 6.07) is 13.9. The van der Waals surface area contributed by atoms with Crippen LogP contribution in [-0.2, 0) is 4.79 Å². The number of benzene rings is 2. The van der Waals surface area contributed by atoms with E-state index in [1.54, 1.807) is 6.92 Å². The maximum absolute atomic E-state index is 10.7. The first-order valence-corrected chi connectivity index (χ1v) is 7.52. The molecule has 0 aliphatic carbocycles. The van der Waals surface area contributed by atoms with Crippen molar-refractivity contribution in [2.75, 3.05) is 0 Å². The smallest absolute Gasteiger partial charge is 0.328 e. The van der Waals surface area contributed by atoms with E-state index < -0.39 is 5.97 Å². The van der Waals surface area contributed by atoms with Gasteiger partial charge in [0.2, 0.25) is 0 Å². The molecule has 0 aliphatic rings. The molecule has 0 spiro atoms. The lowest BCUT2D eigenvalue weighted by Crippen LogP contribution is -1.90. The van der Waals surface area contributed by atoms with E-state index in [0.29, 0.717) is 0 Å². The maximum Gasteiger partial charge on any atom is 0.328 e. The van der Waals surface area contributed by atoms with Gasteiger partial charge in [-0.1, -0.05) is 56.1 Å². The van der Waals surface area contributed by atoms with Crippen LogP contribution >= 0.6 is 31.9 Å². The molecule has 0 atom stereocenters. The molecule has 0 aromatic heterocycles. The Labute approximate surface area is 134 Å². The largest absolute Gasteiger partial charge is 0.478 e. The van der Waals surface area contributed by atoms with Gasteiger partial charge in [0.05, 0.1) is 0 Å². The van der Waals surface area contributed by atoms with Crippen LogP contribution in [0.2, 0.25) is 0 Å². The van der Waals surface area contributed by atoms with Gasteiger partial charge in [-0.05, 0) is 47.4 Å². The van der Waals surface area contributed by atoms with Crippen molar-refractivity contribution >= 4 is 43.4 Å². The van der Waals surface area contributed by atoms with Gasteiger partial charge < -0.3 is 5.11 Å². The van der Waals surface area contributed by atoms with Gasteiger partial charge in [0.1, 0.15) is 0 Å². The van der Waals surface area contributed by atoms with Gasteiger partial charge in [-0.15, -0.1) is 0 Å². The minimum Gasteiger partial charge on any atom is -0.478 e. The zero-order valence-corrected chi connectivity index (χ0v) is 13.9. The van der Waals surface area contributed by atoms with E-state index in [2.05, 4.69) is 31.9 Å². The molecule has 2 nitrogen and oxygen atoms in total. The highest BCUT2D eigenvalue weighted by Gasteiger charge is 2.03. The summed E-state index contributed by atoms with van der Waals surface area (Å²) in [6.07, 6.45) is 1.21. The number of hydrogen-bond acceptors (Lipinski definition) is 1. The van der Waals surface area contributed by atoms with E-state index in [1.807, 2.05) is 42.5 Å². The molecule has 0 amide bonds. The van der Waals surface area contributed by atoms with E-state index in [4.69, 9.17) is 5.11 Å². The number of carboxylic acid groups (broad SMARTS) is 1. The van der Waals surface area contributed by atoms with E-state index >= 15 is 0 Å². The quantitative estimate of drug-likeness (QED) is 0.709. The van der Waals surface area contributed by atoms with Crippen molar-refractivity contribution in [3.8, 4) is 11.1 Å². The summed E-state index contributed by atoms with van der Waals surface area (Å²) in [5, 5.41) is 8.75. The summed E-state index contributed by atoms with van der Waals surface area (Å²) in [4.78, 5) is 10.7. The summed E-state index contributed by atoms with van der Waals surface area (Å²) in [5.74, 6) is -0.928. The second-order valence-corrected chi connectivity index (χ2v) is 6.23. The van der Waals surface area contributed by atoms with Crippen molar-refractivity contribution in [1.82, 2.24) is 0 Å². The Morgan fingerprint density at radius 2 is 1.55 bits per heavy atom. The number of allylic oxidation sites excluding steroid dienone is 1. The third kappa shape index (κ3) is 3.81. The van der Waals surface area contributed by atoms with Crippen molar-refractivity contribution in [1.29, 1.82) is 0 Å². The van der Waals surface area contributed by atoms with Gasteiger partial charge in [0, 0.05) is 15.0 Å². The van der Waals surface area contributed by atoms with Crippen LogP contribution in [0.3, 0.4) is 0 Å². The highest BCUT2D eigenvalue weighted by molar-refractivity contribution is 9.11. The standard InChI is InChI=1S/C16H12Br2O2/c1-10(6-16(19)20)11-2-4-12(5-3-11)13-7-14(17)9-15(18)8-13/h2-9H,1H3,(H,19,20). The summed E-state index contributed by atoms with van der Waals surface area (Å²) >= 11 is 6.94. The summed E-state index contributed by atoms with van der Waals surface area (Å²) < 4.78 is 2.01. The number of carboxylic acids is 1. The fourth-order valence-electron chi connectivity index (χ4n) is 1.91. The van der Waals surface area contributed by atoms with Crippen molar-refractivity contribution in [2.45, 2.75) is 6.92 Å². The van der Waals surface area contributed by atoms with Crippen LogP contribution in [0.5, 0.6) is 0 Å². The first kappa shape index (κ1) is 15.0. The summed E-state index contributed by atoms with van der Waals surface area (Å²) in [6.45, 7) is 1.79. The van der Waals surface area contributed by atoms with Gasteiger partial charge in [-0.3, -0.25) is 0 Å². The summed E-state index contributed by atoms with van der Waals surface area (Å²) in [7, 11) is 0. The van der Waals surface area contributed by atoms with Crippen LogP contribution in [0.15, 0.2) is 57.5 Å². The lowest BCUT2D eigenvalue weighted by atomic mass is 10.0. The highest BCUT2D eigenvalue weighted by atomic mass is 79.9. The van der Waals surface area contributed by atoms with Crippen molar-refractivity contribution < 1.29 is 9.90 Å². The van der Waals surface area contributed by atoms with E-state index in [1.165, 1.54) is 6.08 Å². The average molecular weight is 396 g/mol. The molecule has 4 heteroatoms. The lowest BCUT2D eigenvalue weighted by molar-refractivity contribution is -0.131. The Kier molecular flexibility index (Phi) is 4.78. The number of hydrogen-bond donors (Lipinski definition) is 1. The monoisotopic (exact) mass is 394 g/mol. The molecule has 0 saturated carbocycles. The second-order valence-electron chi connectivity index (χ2n) is 4.40. The Morgan fingerprint density at radius 1 is 1.00 bits per heavy atom. The molecule has 0 saturated heterocycles. The number of rotatable bonds is 3. The molecule has 0 bridgehead atoms. The number of aliphatic carboxylic acids is 1. The summed E-state index contributed by atoms with van der Waals surface area (Å²) in [5.41, 5.74) is 3.82. The molecule has 0 fully saturated rings. The molecular formula is C16H12Br2O2. The highest BCUT2D eigenvalue weighted by Crippen LogP contribution is 2.28. The van der Waals surface area contributed by atoms with Gasteiger partial charge in [-0.25, -0.2) is 4.79 Å². The predicted octanol–water partition coefficient (Wildman–Crippen LogP) is 5.37. The molecule has 2 aromatic carbocycles. The fourth-order valence-corrected chi connectivity index (χ4v) is 3.21. The van der Waals surface area contributed by atoms with E-state index in [9.17, 15) is 4.79 Å². The van der Waals surface area contributed by atoms with E-state index in [0.717, 1.165) is 31.2 Å². The predicted molar refractivity (Wildman–Crippen MR) is 88.6 cm³/mol. The average Bonchev–Trinajstić information content (AvgIpc) is 2.37. The first-order valence-electron chi connectivity index (χ1n) is 5.94. The molecule has 20 heavy (non-hydrogen) atoms. The molecule has 0 heterocycles. The molecule has 0 unspecified atom stereocenters. The van der Waals surface area contributed by atoms with Gasteiger partial charge >= 0.3 is 5.97 Å². The molecule has 2 rings (SSSR count). The zero-order chi connectivity index (χ0) is 14.7. The lowest BCUT2D eigenvalue weighted by Gasteiger charge is -2.06. The maximum atomic E-state index is 10.7. The van der Waals surface area contributed by atoms with E-state index in [-0.39, 0.29) is 0 Å². The zero-order valence-electron chi connectivity index (χ0n) is 10.7. The molecule has 0 aliphatic heterocycles. The van der Waals surface area contributed by atoms with Crippen LogP contribution in [0.25, 0.3) is 16.7 Å². The second kappa shape index (κ2) is 6.37.